The third-order valence-electron chi connectivity index (χ3n) is 4.01. The topological polar surface area (TPSA) is 119 Å². The molecule has 0 aliphatic heterocycles. The lowest BCUT2D eigenvalue weighted by Gasteiger charge is -2.13. The van der Waals surface area contributed by atoms with Crippen molar-refractivity contribution in [2.45, 2.75) is 6.92 Å². The standard InChI is InChI=1S/C17H17FN6O/c1-8-11(5-22-7-13(8)19)10-3-9-4-14(24-17(25)21-2)23-6-12(9)16(20)15(10)18/h3-7H,19-20H2,1-2H3,(H2,21,23,24,25). The van der Waals surface area contributed by atoms with Gasteiger partial charge < -0.3 is 16.8 Å². The van der Waals surface area contributed by atoms with Crippen LogP contribution < -0.4 is 22.1 Å². The van der Waals surface area contributed by atoms with Gasteiger partial charge in [-0.25, -0.2) is 14.2 Å². The number of aromatic nitrogens is 2. The third-order valence-corrected chi connectivity index (χ3v) is 4.01. The minimum absolute atomic E-state index is 0.0201. The van der Waals surface area contributed by atoms with Gasteiger partial charge in [0, 0.05) is 36.0 Å². The molecule has 0 aliphatic rings. The number of anilines is 3. The second-order valence-corrected chi connectivity index (χ2v) is 5.55. The number of carbonyl (C=O) groups excluding carboxylic acids is 1. The molecule has 6 N–H and O–H groups in total. The van der Waals surface area contributed by atoms with Crippen LogP contribution in [0.4, 0.5) is 26.4 Å². The van der Waals surface area contributed by atoms with E-state index in [1.54, 1.807) is 25.3 Å². The first kappa shape index (κ1) is 16.4. The smallest absolute Gasteiger partial charge is 0.320 e. The van der Waals surface area contributed by atoms with E-state index in [0.29, 0.717) is 39.0 Å². The zero-order valence-electron chi connectivity index (χ0n) is 13.7. The fourth-order valence-electron chi connectivity index (χ4n) is 2.55. The van der Waals surface area contributed by atoms with Crippen molar-refractivity contribution in [2.24, 2.45) is 0 Å². The summed E-state index contributed by atoms with van der Waals surface area (Å²) >= 11 is 0. The summed E-state index contributed by atoms with van der Waals surface area (Å²) in [4.78, 5) is 19.5. The summed E-state index contributed by atoms with van der Waals surface area (Å²) in [5, 5.41) is 6.10. The lowest BCUT2D eigenvalue weighted by Crippen LogP contribution is -2.24. The number of nitrogens with zero attached hydrogens (tertiary/aromatic N) is 2. The molecular formula is C17H17FN6O. The minimum atomic E-state index is -0.559. The highest BCUT2D eigenvalue weighted by molar-refractivity contribution is 5.99. The Morgan fingerprint density at radius 3 is 2.64 bits per heavy atom. The highest BCUT2D eigenvalue weighted by atomic mass is 19.1. The van der Waals surface area contributed by atoms with Crippen LogP contribution >= 0.6 is 0 Å². The fraction of sp³-hybridized carbons (Fsp3) is 0.118. The van der Waals surface area contributed by atoms with Gasteiger partial charge in [-0.05, 0) is 30.0 Å². The van der Waals surface area contributed by atoms with Crippen LogP contribution in [0.25, 0.3) is 21.9 Å². The number of benzene rings is 1. The van der Waals surface area contributed by atoms with E-state index in [4.69, 9.17) is 11.5 Å². The number of hydrogen-bond acceptors (Lipinski definition) is 5. The molecule has 7 nitrogen and oxygen atoms in total. The summed E-state index contributed by atoms with van der Waals surface area (Å²) in [7, 11) is 1.50. The van der Waals surface area contributed by atoms with E-state index in [1.165, 1.54) is 19.4 Å². The second kappa shape index (κ2) is 6.23. The number of fused-ring (bicyclic) bond motifs is 1. The van der Waals surface area contributed by atoms with Crippen molar-refractivity contribution in [3.05, 3.63) is 42.1 Å². The maximum absolute atomic E-state index is 14.8. The molecule has 3 aromatic rings. The first-order chi connectivity index (χ1) is 11.9. The molecule has 0 saturated heterocycles. The number of nitrogens with one attached hydrogen (secondary N) is 2. The third kappa shape index (κ3) is 2.89. The molecule has 25 heavy (non-hydrogen) atoms. The Balaban J connectivity index is 2.21. The van der Waals surface area contributed by atoms with Crippen molar-refractivity contribution in [2.75, 3.05) is 23.8 Å². The van der Waals surface area contributed by atoms with Gasteiger partial charge in [0.15, 0.2) is 5.82 Å². The van der Waals surface area contributed by atoms with E-state index in [1.807, 2.05) is 0 Å². The Morgan fingerprint density at radius 2 is 1.92 bits per heavy atom. The monoisotopic (exact) mass is 340 g/mol. The lowest BCUT2D eigenvalue weighted by atomic mass is 9.97. The Hall–Kier alpha value is -3.42. The number of nitrogen functional groups attached to an aromatic ring is 2. The van der Waals surface area contributed by atoms with Crippen molar-refractivity contribution in [1.82, 2.24) is 15.3 Å². The van der Waals surface area contributed by atoms with Gasteiger partial charge in [-0.3, -0.25) is 10.3 Å². The van der Waals surface area contributed by atoms with Crippen LogP contribution in [0.1, 0.15) is 5.56 Å². The Kier molecular flexibility index (Phi) is 4.10. The van der Waals surface area contributed by atoms with Gasteiger partial charge in [-0.15, -0.1) is 0 Å². The van der Waals surface area contributed by atoms with Crippen LogP contribution in [-0.2, 0) is 0 Å². The molecule has 2 amide bonds. The zero-order chi connectivity index (χ0) is 18.1. The summed E-state index contributed by atoms with van der Waals surface area (Å²) in [6, 6.07) is 2.86. The van der Waals surface area contributed by atoms with Crippen LogP contribution in [0.5, 0.6) is 0 Å². The van der Waals surface area contributed by atoms with Gasteiger partial charge in [-0.1, -0.05) is 0 Å². The van der Waals surface area contributed by atoms with Crippen LogP contribution in [0.2, 0.25) is 0 Å². The molecule has 128 valence electrons. The molecule has 0 unspecified atom stereocenters. The largest absolute Gasteiger partial charge is 0.397 e. The van der Waals surface area contributed by atoms with Crippen molar-refractivity contribution in [1.29, 1.82) is 0 Å². The molecule has 0 aliphatic carbocycles. The first-order valence-corrected chi connectivity index (χ1v) is 7.49. The molecule has 0 atom stereocenters. The average Bonchev–Trinajstić information content (AvgIpc) is 2.60. The Labute approximate surface area is 143 Å². The molecule has 0 radical (unpaired) electrons. The maximum atomic E-state index is 14.8. The number of pyridine rings is 2. The number of carbonyl (C=O) groups is 1. The molecule has 2 aromatic heterocycles. The number of urea groups is 1. The van der Waals surface area contributed by atoms with Crippen LogP contribution in [-0.4, -0.2) is 23.0 Å². The first-order valence-electron chi connectivity index (χ1n) is 7.49. The second-order valence-electron chi connectivity index (χ2n) is 5.55. The molecule has 8 heteroatoms. The van der Waals surface area contributed by atoms with Crippen molar-refractivity contribution in [3.8, 4) is 11.1 Å². The number of halogens is 1. The number of rotatable bonds is 2. The van der Waals surface area contributed by atoms with Gasteiger partial charge in [0.1, 0.15) is 5.82 Å². The van der Waals surface area contributed by atoms with E-state index >= 15 is 0 Å². The summed E-state index contributed by atoms with van der Waals surface area (Å²) < 4.78 is 14.8. The van der Waals surface area contributed by atoms with E-state index in [9.17, 15) is 9.18 Å². The van der Waals surface area contributed by atoms with E-state index < -0.39 is 11.8 Å². The summed E-state index contributed by atoms with van der Waals surface area (Å²) in [6.07, 6.45) is 4.48. The SMILES string of the molecule is CNC(=O)Nc1cc2cc(-c3cncc(N)c3C)c(F)c(N)c2cn1. The molecule has 1 aromatic carbocycles. The normalized spacial score (nSPS) is 10.7. The van der Waals surface area contributed by atoms with Gasteiger partial charge in [0.05, 0.1) is 17.6 Å². The number of hydrogen-bond donors (Lipinski definition) is 4. The highest BCUT2D eigenvalue weighted by Gasteiger charge is 2.16. The predicted molar refractivity (Wildman–Crippen MR) is 96.6 cm³/mol. The lowest BCUT2D eigenvalue weighted by molar-refractivity contribution is 0.254. The number of nitrogens with two attached hydrogens (primary N) is 2. The van der Waals surface area contributed by atoms with Crippen molar-refractivity contribution < 1.29 is 9.18 Å². The van der Waals surface area contributed by atoms with Crippen molar-refractivity contribution >= 4 is 34.0 Å². The van der Waals surface area contributed by atoms with Gasteiger partial charge in [-0.2, -0.15) is 0 Å². The van der Waals surface area contributed by atoms with Crippen LogP contribution in [0.3, 0.4) is 0 Å². The van der Waals surface area contributed by atoms with E-state index in [0.717, 1.165) is 0 Å². The Bertz CT molecular complexity index is 989. The molecule has 0 bridgehead atoms. The van der Waals surface area contributed by atoms with Gasteiger partial charge in [0.2, 0.25) is 0 Å². The molecular weight excluding hydrogens is 323 g/mol. The van der Waals surface area contributed by atoms with Crippen LogP contribution in [0, 0.1) is 12.7 Å². The van der Waals surface area contributed by atoms with Gasteiger partial charge in [0.25, 0.3) is 0 Å². The molecule has 0 fully saturated rings. The van der Waals surface area contributed by atoms with E-state index in [-0.39, 0.29) is 5.69 Å². The predicted octanol–water partition coefficient (Wildman–Crippen LogP) is 2.66. The summed E-state index contributed by atoms with van der Waals surface area (Å²) in [5.41, 5.74) is 13.8. The van der Waals surface area contributed by atoms with Crippen molar-refractivity contribution in [3.63, 3.8) is 0 Å². The quantitative estimate of drug-likeness (QED) is 0.535. The molecule has 2 heterocycles. The molecule has 3 rings (SSSR count). The van der Waals surface area contributed by atoms with Gasteiger partial charge >= 0.3 is 6.03 Å². The van der Waals surface area contributed by atoms with Crippen LogP contribution in [0.15, 0.2) is 30.7 Å². The van der Waals surface area contributed by atoms with E-state index in [2.05, 4.69) is 20.6 Å². The molecule has 0 saturated carbocycles. The summed E-state index contributed by atoms with van der Waals surface area (Å²) in [5.74, 6) is -0.233. The fourth-order valence-corrected chi connectivity index (χ4v) is 2.55. The maximum Gasteiger partial charge on any atom is 0.320 e. The summed E-state index contributed by atoms with van der Waals surface area (Å²) in [6.45, 7) is 1.79. The number of amides is 2. The highest BCUT2D eigenvalue weighted by Crippen LogP contribution is 2.35. The minimum Gasteiger partial charge on any atom is -0.397 e. The molecule has 0 spiro atoms. The Morgan fingerprint density at radius 1 is 1.16 bits per heavy atom. The zero-order valence-corrected chi connectivity index (χ0v) is 13.7. The average molecular weight is 340 g/mol.